The topological polar surface area (TPSA) is 90.0 Å². The first-order valence-electron chi connectivity index (χ1n) is 8.31. The Balaban J connectivity index is 1.99. The van der Waals surface area contributed by atoms with Crippen molar-refractivity contribution in [3.63, 3.8) is 0 Å². The van der Waals surface area contributed by atoms with Crippen LogP contribution in [0.25, 0.3) is 0 Å². The van der Waals surface area contributed by atoms with Crippen LogP contribution in [0.1, 0.15) is 24.9 Å². The Morgan fingerprint density at radius 1 is 1.04 bits per heavy atom. The molecule has 1 atom stereocenters. The number of carbonyl (C=O) groups excluding carboxylic acids is 4. The van der Waals surface area contributed by atoms with E-state index >= 15 is 0 Å². The van der Waals surface area contributed by atoms with Gasteiger partial charge in [0.25, 0.3) is 0 Å². The molecule has 0 radical (unpaired) electrons. The molecule has 0 unspecified atom stereocenters. The largest absolute Gasteiger partial charge is 0.332 e. The third-order valence-corrected chi connectivity index (χ3v) is 4.62. The molecule has 3 rings (SSSR count). The minimum atomic E-state index is -1.18. The normalized spacial score (nSPS) is 21.2. The Hall–Kier alpha value is -3.16. The number of hydrazine groups is 1. The first-order valence-corrected chi connectivity index (χ1v) is 8.31. The number of urea groups is 1. The Labute approximate surface area is 151 Å². The van der Waals surface area contributed by atoms with Crippen LogP contribution in [0.15, 0.2) is 42.1 Å². The van der Waals surface area contributed by atoms with E-state index in [0.29, 0.717) is 5.70 Å². The van der Waals surface area contributed by atoms with Gasteiger partial charge in [0.2, 0.25) is 17.7 Å². The van der Waals surface area contributed by atoms with Crippen LogP contribution in [0.5, 0.6) is 0 Å². The maximum Gasteiger partial charge on any atom is 0.332 e. The van der Waals surface area contributed by atoms with Crippen LogP contribution >= 0.6 is 0 Å². The van der Waals surface area contributed by atoms with Crippen molar-refractivity contribution in [1.29, 1.82) is 0 Å². The van der Waals surface area contributed by atoms with Gasteiger partial charge in [0.05, 0.1) is 11.7 Å². The van der Waals surface area contributed by atoms with E-state index in [4.69, 9.17) is 0 Å². The SMILES string of the molecule is CCC(=O)N1NC(C2C(=O)N(C)C(=O)N(C)C2=O)=C[C@@H]1c1ccccc1. The molecule has 1 fully saturated rings. The van der Waals surface area contributed by atoms with Gasteiger partial charge in [-0.2, -0.15) is 0 Å². The molecule has 2 aliphatic heterocycles. The predicted octanol–water partition coefficient (Wildman–Crippen LogP) is 1.03. The number of amides is 5. The molecule has 0 spiro atoms. The van der Waals surface area contributed by atoms with Gasteiger partial charge < -0.3 is 0 Å². The van der Waals surface area contributed by atoms with E-state index < -0.39 is 29.8 Å². The predicted molar refractivity (Wildman–Crippen MR) is 92.0 cm³/mol. The number of hydrogen-bond donors (Lipinski definition) is 1. The van der Waals surface area contributed by atoms with Crippen LogP contribution in [0, 0.1) is 5.92 Å². The standard InChI is InChI=1S/C18H20N4O4/c1-4-14(23)22-13(11-8-6-5-7-9-11)10-12(19-22)15-16(24)20(2)18(26)21(3)17(15)25/h5-10,13,15,19H,4H2,1-3H3/t13-/m1/s1. The maximum atomic E-state index is 12.5. The molecule has 26 heavy (non-hydrogen) atoms. The van der Waals surface area contributed by atoms with Gasteiger partial charge in [-0.25, -0.2) is 9.80 Å². The fourth-order valence-electron chi connectivity index (χ4n) is 3.11. The van der Waals surface area contributed by atoms with Gasteiger partial charge in [0.15, 0.2) is 5.92 Å². The number of nitrogens with one attached hydrogen (secondary N) is 1. The fourth-order valence-corrected chi connectivity index (χ4v) is 3.11. The zero-order valence-corrected chi connectivity index (χ0v) is 14.8. The maximum absolute atomic E-state index is 12.5. The summed E-state index contributed by atoms with van der Waals surface area (Å²) in [6.45, 7) is 1.74. The number of imide groups is 2. The Morgan fingerprint density at radius 2 is 1.62 bits per heavy atom. The summed E-state index contributed by atoms with van der Waals surface area (Å²) in [6.07, 6.45) is 1.96. The van der Waals surface area contributed by atoms with Crippen molar-refractivity contribution in [2.24, 2.45) is 5.92 Å². The molecular weight excluding hydrogens is 336 g/mol. The average Bonchev–Trinajstić information content (AvgIpc) is 3.10. The van der Waals surface area contributed by atoms with E-state index in [2.05, 4.69) is 5.43 Å². The van der Waals surface area contributed by atoms with Crippen molar-refractivity contribution in [2.45, 2.75) is 19.4 Å². The number of rotatable bonds is 3. The van der Waals surface area contributed by atoms with E-state index in [0.717, 1.165) is 15.4 Å². The van der Waals surface area contributed by atoms with Gasteiger partial charge in [0, 0.05) is 20.5 Å². The molecule has 0 saturated carbocycles. The molecule has 1 aromatic carbocycles. The summed E-state index contributed by atoms with van der Waals surface area (Å²) in [6, 6.07) is 8.21. The summed E-state index contributed by atoms with van der Waals surface area (Å²) in [5.41, 5.74) is 4.07. The Morgan fingerprint density at radius 3 is 2.15 bits per heavy atom. The molecule has 8 heteroatoms. The fraction of sp³-hybridized carbons (Fsp3) is 0.333. The number of carbonyl (C=O) groups is 4. The Bertz CT molecular complexity index is 781. The van der Waals surface area contributed by atoms with Crippen molar-refractivity contribution in [1.82, 2.24) is 20.2 Å². The van der Waals surface area contributed by atoms with Gasteiger partial charge in [-0.1, -0.05) is 37.3 Å². The zero-order chi connectivity index (χ0) is 19.0. The Kier molecular flexibility index (Phi) is 4.50. The van der Waals surface area contributed by atoms with Crippen molar-refractivity contribution >= 4 is 23.8 Å². The third kappa shape index (κ3) is 2.73. The lowest BCUT2D eigenvalue weighted by atomic mass is 9.98. The summed E-state index contributed by atoms with van der Waals surface area (Å²) in [5, 5.41) is 1.42. The molecule has 1 saturated heterocycles. The molecule has 8 nitrogen and oxygen atoms in total. The van der Waals surface area contributed by atoms with Crippen LogP contribution in [0.2, 0.25) is 0 Å². The average molecular weight is 356 g/mol. The van der Waals surface area contributed by atoms with Crippen LogP contribution < -0.4 is 5.43 Å². The molecule has 0 bridgehead atoms. The monoisotopic (exact) mass is 356 g/mol. The van der Waals surface area contributed by atoms with E-state index in [1.807, 2.05) is 30.3 Å². The minimum Gasteiger partial charge on any atom is -0.298 e. The molecule has 2 heterocycles. The summed E-state index contributed by atoms with van der Waals surface area (Å²) in [7, 11) is 2.67. The smallest absolute Gasteiger partial charge is 0.298 e. The lowest BCUT2D eigenvalue weighted by molar-refractivity contribution is -0.146. The van der Waals surface area contributed by atoms with Gasteiger partial charge in [-0.05, 0) is 11.6 Å². The third-order valence-electron chi connectivity index (χ3n) is 4.62. The van der Waals surface area contributed by atoms with E-state index in [1.54, 1.807) is 13.0 Å². The number of benzene rings is 1. The molecular formula is C18H20N4O4. The molecule has 0 aliphatic carbocycles. The number of barbiturate groups is 1. The van der Waals surface area contributed by atoms with Crippen LogP contribution in [0.4, 0.5) is 4.79 Å². The highest BCUT2D eigenvalue weighted by molar-refractivity contribution is 6.17. The van der Waals surface area contributed by atoms with Crippen molar-refractivity contribution in [3.8, 4) is 0 Å². The van der Waals surface area contributed by atoms with Crippen molar-refractivity contribution in [3.05, 3.63) is 47.7 Å². The van der Waals surface area contributed by atoms with Crippen LogP contribution in [-0.4, -0.2) is 52.7 Å². The molecule has 1 N–H and O–H groups in total. The van der Waals surface area contributed by atoms with E-state index in [-0.39, 0.29) is 12.3 Å². The summed E-state index contributed by atoms with van der Waals surface area (Å²) >= 11 is 0. The first kappa shape index (κ1) is 17.7. The van der Waals surface area contributed by atoms with Gasteiger partial charge in [-0.3, -0.25) is 29.6 Å². The molecule has 2 aliphatic rings. The lowest BCUT2D eigenvalue weighted by Crippen LogP contribution is -2.58. The summed E-state index contributed by atoms with van der Waals surface area (Å²) < 4.78 is 0. The quantitative estimate of drug-likeness (QED) is 0.817. The first-order chi connectivity index (χ1) is 12.4. The number of nitrogens with zero attached hydrogens (tertiary/aromatic N) is 3. The second-order valence-electron chi connectivity index (χ2n) is 6.22. The summed E-state index contributed by atoms with van der Waals surface area (Å²) in [5.74, 6) is -2.58. The van der Waals surface area contributed by atoms with Crippen molar-refractivity contribution < 1.29 is 19.2 Å². The van der Waals surface area contributed by atoms with E-state index in [1.165, 1.54) is 19.1 Å². The molecule has 136 valence electrons. The van der Waals surface area contributed by atoms with Crippen LogP contribution in [-0.2, 0) is 14.4 Å². The van der Waals surface area contributed by atoms with Crippen LogP contribution in [0.3, 0.4) is 0 Å². The second-order valence-corrected chi connectivity index (χ2v) is 6.22. The van der Waals surface area contributed by atoms with Gasteiger partial charge in [-0.15, -0.1) is 0 Å². The molecule has 0 aromatic heterocycles. The van der Waals surface area contributed by atoms with E-state index in [9.17, 15) is 19.2 Å². The zero-order valence-electron chi connectivity index (χ0n) is 14.8. The molecule has 5 amide bonds. The van der Waals surface area contributed by atoms with Crippen molar-refractivity contribution in [2.75, 3.05) is 14.1 Å². The summed E-state index contributed by atoms with van der Waals surface area (Å²) in [4.78, 5) is 51.2. The highest BCUT2D eigenvalue weighted by atomic mass is 16.2. The highest BCUT2D eigenvalue weighted by Crippen LogP contribution is 2.32. The van der Waals surface area contributed by atoms with Gasteiger partial charge >= 0.3 is 6.03 Å². The second kappa shape index (κ2) is 6.62. The van der Waals surface area contributed by atoms with Gasteiger partial charge in [0.1, 0.15) is 0 Å². The minimum absolute atomic E-state index is 0.168. The lowest BCUT2D eigenvalue weighted by Gasteiger charge is -2.33. The molecule has 1 aromatic rings. The highest BCUT2D eigenvalue weighted by Gasteiger charge is 2.47. The number of hydrogen-bond acceptors (Lipinski definition) is 5.